The number of carbonyl (C=O) groups is 1. The number of rotatable bonds is 5. The molecule has 14 heavy (non-hydrogen) atoms. The van der Waals surface area contributed by atoms with E-state index in [0.717, 1.165) is 19.3 Å². The third kappa shape index (κ3) is 3.27. The molecule has 0 aromatic carbocycles. The highest BCUT2D eigenvalue weighted by Gasteiger charge is 2.27. The molecule has 1 saturated carbocycles. The second-order valence-electron chi connectivity index (χ2n) is 3.58. The molecule has 0 spiro atoms. The molecule has 0 heterocycles. The average Bonchev–Trinajstić information content (AvgIpc) is 2.62. The predicted molar refractivity (Wildman–Crippen MR) is 52.8 cm³/mol. The summed E-state index contributed by atoms with van der Waals surface area (Å²) in [5, 5.41) is 0. The van der Waals surface area contributed by atoms with Crippen molar-refractivity contribution in [3.8, 4) is 0 Å². The van der Waals surface area contributed by atoms with Gasteiger partial charge in [-0.2, -0.15) is 0 Å². The van der Waals surface area contributed by atoms with Gasteiger partial charge in [-0.15, -0.1) is 0 Å². The molecular formula is C10H19NO3. The first-order chi connectivity index (χ1) is 6.77. The number of hydrogen-bond donors (Lipinski definition) is 1. The molecule has 0 aliphatic heterocycles. The van der Waals surface area contributed by atoms with Crippen LogP contribution in [0.15, 0.2) is 0 Å². The quantitative estimate of drug-likeness (QED) is 0.665. The van der Waals surface area contributed by atoms with Crippen LogP contribution in [0.5, 0.6) is 0 Å². The van der Waals surface area contributed by atoms with Crippen LogP contribution in [0.4, 0.5) is 0 Å². The van der Waals surface area contributed by atoms with Gasteiger partial charge in [0.2, 0.25) is 0 Å². The van der Waals surface area contributed by atoms with E-state index in [1.807, 2.05) is 0 Å². The van der Waals surface area contributed by atoms with Crippen molar-refractivity contribution in [3.63, 3.8) is 0 Å². The first kappa shape index (κ1) is 11.5. The highest BCUT2D eigenvalue weighted by Crippen LogP contribution is 2.27. The Morgan fingerprint density at radius 1 is 1.50 bits per heavy atom. The molecule has 2 unspecified atom stereocenters. The summed E-state index contributed by atoms with van der Waals surface area (Å²) < 4.78 is 10.2. The van der Waals surface area contributed by atoms with Crippen LogP contribution in [0.1, 0.15) is 26.2 Å². The second kappa shape index (κ2) is 5.98. The van der Waals surface area contributed by atoms with E-state index in [1.54, 1.807) is 6.92 Å². The molecule has 0 saturated heterocycles. The summed E-state index contributed by atoms with van der Waals surface area (Å²) in [5.41, 5.74) is 5.59. The monoisotopic (exact) mass is 201 g/mol. The van der Waals surface area contributed by atoms with Crippen LogP contribution < -0.4 is 5.73 Å². The van der Waals surface area contributed by atoms with Crippen molar-refractivity contribution in [2.45, 2.75) is 32.3 Å². The third-order valence-electron chi connectivity index (χ3n) is 2.61. The Bertz CT molecular complexity index is 184. The number of ether oxygens (including phenoxy) is 2. The molecular weight excluding hydrogens is 182 g/mol. The first-order valence-corrected chi connectivity index (χ1v) is 5.25. The van der Waals surface area contributed by atoms with Crippen molar-refractivity contribution >= 4 is 5.97 Å². The maximum Gasteiger partial charge on any atom is 0.332 e. The van der Waals surface area contributed by atoms with Crippen LogP contribution >= 0.6 is 0 Å². The Hall–Kier alpha value is -0.610. The van der Waals surface area contributed by atoms with E-state index in [9.17, 15) is 4.79 Å². The van der Waals surface area contributed by atoms with Crippen molar-refractivity contribution in [2.24, 2.45) is 11.7 Å². The highest BCUT2D eigenvalue weighted by molar-refractivity contribution is 5.70. The van der Waals surface area contributed by atoms with Gasteiger partial charge >= 0.3 is 5.97 Å². The van der Waals surface area contributed by atoms with Crippen LogP contribution in [0.25, 0.3) is 0 Å². The van der Waals surface area contributed by atoms with Gasteiger partial charge in [0, 0.05) is 0 Å². The van der Waals surface area contributed by atoms with Crippen molar-refractivity contribution < 1.29 is 14.3 Å². The fourth-order valence-electron chi connectivity index (χ4n) is 1.87. The zero-order valence-electron chi connectivity index (χ0n) is 8.70. The van der Waals surface area contributed by atoms with Gasteiger partial charge < -0.3 is 15.2 Å². The number of hydrogen-bond acceptors (Lipinski definition) is 4. The van der Waals surface area contributed by atoms with Crippen molar-refractivity contribution in [3.05, 3.63) is 0 Å². The summed E-state index contributed by atoms with van der Waals surface area (Å²) in [7, 11) is 0. The van der Waals surface area contributed by atoms with Gasteiger partial charge in [-0.1, -0.05) is 6.42 Å². The zero-order valence-corrected chi connectivity index (χ0v) is 8.70. The fourth-order valence-corrected chi connectivity index (χ4v) is 1.87. The van der Waals surface area contributed by atoms with Gasteiger partial charge in [-0.3, -0.25) is 0 Å². The minimum absolute atomic E-state index is 0.0645. The Labute approximate surface area is 84.7 Å². The smallest absolute Gasteiger partial charge is 0.332 e. The lowest BCUT2D eigenvalue weighted by molar-refractivity contribution is -0.151. The molecule has 0 aromatic rings. The lowest BCUT2D eigenvalue weighted by Crippen LogP contribution is -2.27. The van der Waals surface area contributed by atoms with Gasteiger partial charge in [0.1, 0.15) is 6.61 Å². The Kier molecular flexibility index (Phi) is 4.90. The largest absolute Gasteiger partial charge is 0.464 e. The molecule has 2 atom stereocenters. The van der Waals surface area contributed by atoms with E-state index in [0.29, 0.717) is 19.1 Å². The molecule has 82 valence electrons. The van der Waals surface area contributed by atoms with Crippen molar-refractivity contribution in [1.82, 2.24) is 0 Å². The molecule has 1 fully saturated rings. The Balaban J connectivity index is 2.20. The average molecular weight is 201 g/mol. The van der Waals surface area contributed by atoms with E-state index >= 15 is 0 Å². The number of esters is 1. The summed E-state index contributed by atoms with van der Waals surface area (Å²) in [6, 6.07) is 0. The van der Waals surface area contributed by atoms with Gasteiger partial charge in [0.15, 0.2) is 0 Å². The fraction of sp³-hybridized carbons (Fsp3) is 0.900. The van der Waals surface area contributed by atoms with Crippen molar-refractivity contribution in [1.29, 1.82) is 0 Å². The third-order valence-corrected chi connectivity index (χ3v) is 2.61. The van der Waals surface area contributed by atoms with Gasteiger partial charge in [0.25, 0.3) is 0 Å². The van der Waals surface area contributed by atoms with E-state index < -0.39 is 0 Å². The summed E-state index contributed by atoms with van der Waals surface area (Å²) in [6.45, 7) is 2.91. The number of carbonyl (C=O) groups excluding carboxylic acids is 1. The summed E-state index contributed by atoms with van der Waals surface area (Å²) in [5.74, 6) is 0.139. The van der Waals surface area contributed by atoms with Gasteiger partial charge in [-0.25, -0.2) is 4.79 Å². The summed E-state index contributed by atoms with van der Waals surface area (Å²) in [6.07, 6.45) is 3.44. The maximum atomic E-state index is 11.0. The van der Waals surface area contributed by atoms with Crippen LogP contribution in [0.3, 0.4) is 0 Å². The predicted octanol–water partition coefficient (Wildman–Crippen LogP) is 0.694. The van der Waals surface area contributed by atoms with Crippen molar-refractivity contribution in [2.75, 3.05) is 19.8 Å². The van der Waals surface area contributed by atoms with E-state index in [1.165, 1.54) is 0 Å². The van der Waals surface area contributed by atoms with Crippen LogP contribution in [0.2, 0.25) is 0 Å². The normalized spacial score (nSPS) is 26.4. The molecule has 0 amide bonds. The van der Waals surface area contributed by atoms with E-state index in [-0.39, 0.29) is 18.7 Å². The van der Waals surface area contributed by atoms with E-state index in [4.69, 9.17) is 15.2 Å². The second-order valence-corrected chi connectivity index (χ2v) is 3.58. The number of nitrogens with two attached hydrogens (primary N) is 1. The molecule has 1 aliphatic carbocycles. The highest BCUT2D eigenvalue weighted by atomic mass is 16.6. The zero-order chi connectivity index (χ0) is 10.4. The van der Waals surface area contributed by atoms with E-state index in [2.05, 4.69) is 0 Å². The van der Waals surface area contributed by atoms with Gasteiger partial charge in [-0.05, 0) is 32.2 Å². The van der Waals surface area contributed by atoms with Gasteiger partial charge in [0.05, 0.1) is 12.7 Å². The SMILES string of the molecule is CCOC(=O)COC1CCCC1CN. The molecule has 4 nitrogen and oxygen atoms in total. The first-order valence-electron chi connectivity index (χ1n) is 5.25. The lowest BCUT2D eigenvalue weighted by Gasteiger charge is -2.17. The standard InChI is InChI=1S/C10H19NO3/c1-2-13-10(12)7-14-9-5-3-4-8(9)6-11/h8-9H,2-7,11H2,1H3. The Morgan fingerprint density at radius 3 is 2.93 bits per heavy atom. The Morgan fingerprint density at radius 2 is 2.29 bits per heavy atom. The molecule has 4 heteroatoms. The molecule has 2 N–H and O–H groups in total. The summed E-state index contributed by atoms with van der Waals surface area (Å²) in [4.78, 5) is 11.0. The molecule has 0 aromatic heterocycles. The topological polar surface area (TPSA) is 61.5 Å². The van der Waals surface area contributed by atoms with Crippen LogP contribution in [0, 0.1) is 5.92 Å². The molecule has 0 radical (unpaired) electrons. The molecule has 1 aliphatic rings. The summed E-state index contributed by atoms with van der Waals surface area (Å²) >= 11 is 0. The molecule has 0 bridgehead atoms. The minimum atomic E-state index is -0.282. The van der Waals surface area contributed by atoms with Crippen LogP contribution in [-0.4, -0.2) is 31.8 Å². The molecule has 1 rings (SSSR count). The van der Waals surface area contributed by atoms with Crippen LogP contribution in [-0.2, 0) is 14.3 Å². The maximum absolute atomic E-state index is 11.0. The minimum Gasteiger partial charge on any atom is -0.464 e. The lowest BCUT2D eigenvalue weighted by atomic mass is 10.1.